The third-order valence-electron chi connectivity index (χ3n) is 6.01. The van der Waals surface area contributed by atoms with Gasteiger partial charge in [0, 0.05) is 31.0 Å². The zero-order valence-corrected chi connectivity index (χ0v) is 19.3. The van der Waals surface area contributed by atoms with Crippen LogP contribution in [-0.4, -0.2) is 67.7 Å². The highest BCUT2D eigenvalue weighted by Crippen LogP contribution is 2.35. The van der Waals surface area contributed by atoms with Gasteiger partial charge in [-0.25, -0.2) is 4.79 Å². The molecule has 1 fully saturated rings. The standard InChI is InChI=1S/C22H22F3N9O3/c23-22(24,25)13-37-20(36)33-7-4-21(3-6-26,5-8-33)34-12-16(18(27)35)19(32-34)31-15-1-2-17(28-11-15)14-9-29-30-10-14/h1-2,9-12H,3-5,7-8,13H2,(H2,27,35)(H,29,30)(H,31,32). The molecule has 1 saturated heterocycles. The van der Waals surface area contributed by atoms with Crippen molar-refractivity contribution in [3.8, 4) is 17.3 Å². The Morgan fingerprint density at radius 1 is 1.27 bits per heavy atom. The molecule has 1 aliphatic heterocycles. The minimum Gasteiger partial charge on any atom is -0.440 e. The number of ether oxygens (including phenoxy) is 1. The molecule has 194 valence electrons. The summed E-state index contributed by atoms with van der Waals surface area (Å²) in [5.74, 6) is -0.605. The summed E-state index contributed by atoms with van der Waals surface area (Å²) in [5, 5.41) is 23.6. The maximum Gasteiger partial charge on any atom is 0.422 e. The highest BCUT2D eigenvalue weighted by Gasteiger charge is 2.40. The Labute approximate surface area is 208 Å². The zero-order chi connectivity index (χ0) is 26.6. The quantitative estimate of drug-likeness (QED) is 0.430. The van der Waals surface area contributed by atoms with Crippen LogP contribution in [0.15, 0.2) is 36.9 Å². The number of halogens is 3. The van der Waals surface area contributed by atoms with E-state index in [9.17, 15) is 28.0 Å². The van der Waals surface area contributed by atoms with Crippen LogP contribution in [0.25, 0.3) is 11.3 Å². The first-order chi connectivity index (χ1) is 17.6. The Bertz CT molecular complexity index is 1290. The van der Waals surface area contributed by atoms with Crippen LogP contribution in [0.5, 0.6) is 0 Å². The lowest BCUT2D eigenvalue weighted by atomic mass is 9.85. The van der Waals surface area contributed by atoms with E-state index in [0.29, 0.717) is 11.4 Å². The third kappa shape index (κ3) is 5.80. The van der Waals surface area contributed by atoms with Gasteiger partial charge in [-0.05, 0) is 25.0 Å². The first-order valence-electron chi connectivity index (χ1n) is 11.1. The third-order valence-corrected chi connectivity index (χ3v) is 6.01. The normalized spacial score (nSPS) is 15.1. The Morgan fingerprint density at radius 3 is 2.59 bits per heavy atom. The van der Waals surface area contributed by atoms with Crippen molar-refractivity contribution in [2.45, 2.75) is 31.0 Å². The van der Waals surface area contributed by atoms with Crippen molar-refractivity contribution in [3.05, 3.63) is 42.5 Å². The van der Waals surface area contributed by atoms with Crippen LogP contribution in [-0.2, 0) is 10.3 Å². The van der Waals surface area contributed by atoms with Crippen LogP contribution >= 0.6 is 0 Å². The first kappa shape index (κ1) is 25.5. The highest BCUT2D eigenvalue weighted by molar-refractivity contribution is 5.98. The van der Waals surface area contributed by atoms with Gasteiger partial charge in [0.15, 0.2) is 12.4 Å². The number of alkyl halides is 3. The van der Waals surface area contributed by atoms with E-state index in [1.807, 2.05) is 0 Å². The summed E-state index contributed by atoms with van der Waals surface area (Å²) < 4.78 is 42.9. The molecule has 4 rings (SSSR count). The smallest absolute Gasteiger partial charge is 0.422 e. The number of nitriles is 1. The number of hydrogen-bond acceptors (Lipinski definition) is 8. The van der Waals surface area contributed by atoms with Gasteiger partial charge in [-0.15, -0.1) is 0 Å². The number of nitrogens with zero attached hydrogens (tertiary/aromatic N) is 6. The van der Waals surface area contributed by atoms with E-state index in [-0.39, 0.29) is 43.7 Å². The van der Waals surface area contributed by atoms with Crippen LogP contribution < -0.4 is 11.1 Å². The molecule has 12 nitrogen and oxygen atoms in total. The Balaban J connectivity index is 1.52. The second kappa shape index (κ2) is 10.2. The van der Waals surface area contributed by atoms with Crippen LogP contribution in [0.3, 0.4) is 0 Å². The molecule has 0 radical (unpaired) electrons. The minimum absolute atomic E-state index is 0.0152. The van der Waals surface area contributed by atoms with E-state index in [4.69, 9.17) is 5.73 Å². The van der Waals surface area contributed by atoms with Crippen molar-refractivity contribution in [2.24, 2.45) is 5.73 Å². The molecule has 1 aliphatic rings. The number of likely N-dealkylation sites (tertiary alicyclic amines) is 1. The molecule has 4 heterocycles. The number of nitrogens with two attached hydrogens (primary N) is 1. The summed E-state index contributed by atoms with van der Waals surface area (Å²) in [6.45, 7) is -1.61. The summed E-state index contributed by atoms with van der Waals surface area (Å²) in [7, 11) is 0. The van der Waals surface area contributed by atoms with Gasteiger partial charge in [0.05, 0.1) is 41.8 Å². The fraction of sp³-hybridized carbons (Fsp3) is 0.364. The van der Waals surface area contributed by atoms with Crippen molar-refractivity contribution in [1.29, 1.82) is 5.26 Å². The summed E-state index contributed by atoms with van der Waals surface area (Å²) in [4.78, 5) is 29.7. The number of carbonyl (C=O) groups is 2. The van der Waals surface area contributed by atoms with Crippen LogP contribution in [0.4, 0.5) is 29.5 Å². The van der Waals surface area contributed by atoms with E-state index in [0.717, 1.165) is 10.5 Å². The number of anilines is 2. The number of piperidine rings is 1. The summed E-state index contributed by atoms with van der Waals surface area (Å²) >= 11 is 0. The number of amides is 2. The molecule has 0 unspecified atom stereocenters. The Hall–Kier alpha value is -4.61. The molecular formula is C22H22F3N9O3. The largest absolute Gasteiger partial charge is 0.440 e. The number of aromatic amines is 1. The van der Waals surface area contributed by atoms with Gasteiger partial charge in [0.2, 0.25) is 0 Å². The number of nitrogens with one attached hydrogen (secondary N) is 2. The molecule has 3 aromatic heterocycles. The van der Waals surface area contributed by atoms with Crippen molar-refractivity contribution < 1.29 is 27.5 Å². The molecule has 0 bridgehead atoms. The van der Waals surface area contributed by atoms with Gasteiger partial charge < -0.3 is 20.7 Å². The van der Waals surface area contributed by atoms with E-state index in [1.54, 1.807) is 30.7 Å². The fourth-order valence-corrected chi connectivity index (χ4v) is 4.03. The maximum absolute atomic E-state index is 12.4. The predicted molar refractivity (Wildman–Crippen MR) is 122 cm³/mol. The van der Waals surface area contributed by atoms with Gasteiger partial charge >= 0.3 is 12.3 Å². The zero-order valence-electron chi connectivity index (χ0n) is 19.3. The molecule has 0 atom stereocenters. The van der Waals surface area contributed by atoms with Crippen molar-refractivity contribution in [2.75, 3.05) is 25.0 Å². The van der Waals surface area contributed by atoms with Gasteiger partial charge in [0.25, 0.3) is 5.91 Å². The van der Waals surface area contributed by atoms with Crippen LogP contribution in [0, 0.1) is 11.3 Å². The van der Waals surface area contributed by atoms with Crippen LogP contribution in [0.1, 0.15) is 29.6 Å². The lowest BCUT2D eigenvalue weighted by molar-refractivity contribution is -0.162. The molecule has 0 aliphatic carbocycles. The number of carbonyl (C=O) groups excluding carboxylic acids is 2. The van der Waals surface area contributed by atoms with Crippen molar-refractivity contribution in [1.82, 2.24) is 29.9 Å². The van der Waals surface area contributed by atoms with E-state index in [1.165, 1.54) is 10.9 Å². The van der Waals surface area contributed by atoms with E-state index in [2.05, 4.69) is 36.4 Å². The van der Waals surface area contributed by atoms with E-state index >= 15 is 0 Å². The maximum atomic E-state index is 12.4. The lowest BCUT2D eigenvalue weighted by Gasteiger charge is -2.40. The minimum atomic E-state index is -4.63. The van der Waals surface area contributed by atoms with Gasteiger partial charge in [-0.1, -0.05) is 0 Å². The van der Waals surface area contributed by atoms with E-state index < -0.39 is 30.3 Å². The predicted octanol–water partition coefficient (Wildman–Crippen LogP) is 2.91. The Kier molecular flexibility index (Phi) is 7.00. The summed E-state index contributed by atoms with van der Waals surface area (Å²) in [6, 6.07) is 5.57. The second-order valence-corrected chi connectivity index (χ2v) is 8.46. The topological polar surface area (TPSA) is 168 Å². The van der Waals surface area contributed by atoms with Crippen molar-refractivity contribution in [3.63, 3.8) is 0 Å². The lowest BCUT2D eigenvalue weighted by Crippen LogP contribution is -2.48. The highest BCUT2D eigenvalue weighted by atomic mass is 19.4. The average molecular weight is 517 g/mol. The molecular weight excluding hydrogens is 495 g/mol. The number of aromatic nitrogens is 5. The van der Waals surface area contributed by atoms with Crippen LogP contribution in [0.2, 0.25) is 0 Å². The first-order valence-corrected chi connectivity index (χ1v) is 11.1. The number of pyridine rings is 1. The van der Waals surface area contributed by atoms with Gasteiger partial charge in [-0.3, -0.25) is 19.6 Å². The fourth-order valence-electron chi connectivity index (χ4n) is 4.03. The average Bonchev–Trinajstić information content (AvgIpc) is 3.54. The second-order valence-electron chi connectivity index (χ2n) is 8.46. The van der Waals surface area contributed by atoms with Gasteiger partial charge in [0.1, 0.15) is 5.56 Å². The Morgan fingerprint density at radius 2 is 2.03 bits per heavy atom. The number of rotatable bonds is 7. The molecule has 2 amide bonds. The molecule has 4 N–H and O–H groups in total. The summed E-state index contributed by atoms with van der Waals surface area (Å²) in [6.07, 6.45) is 0.943. The number of primary amides is 1. The molecule has 15 heteroatoms. The monoisotopic (exact) mass is 517 g/mol. The molecule has 0 spiro atoms. The molecule has 0 saturated carbocycles. The summed E-state index contributed by atoms with van der Waals surface area (Å²) in [5.41, 5.74) is 6.71. The number of H-pyrrole nitrogens is 1. The number of hydrogen-bond donors (Lipinski definition) is 3. The molecule has 3 aromatic rings. The van der Waals surface area contributed by atoms with Gasteiger partial charge in [-0.2, -0.15) is 28.6 Å². The van der Waals surface area contributed by atoms with Crippen molar-refractivity contribution >= 4 is 23.5 Å². The SMILES string of the molecule is N#CCC1(n2cc(C(N)=O)c(Nc3ccc(-c4cn[nH]c4)nc3)n2)CCN(C(=O)OCC(F)(F)F)CC1. The molecule has 0 aromatic carbocycles. The molecule has 37 heavy (non-hydrogen) atoms.